The zero-order valence-corrected chi connectivity index (χ0v) is 9.58. The number of rotatable bonds is 5. The normalized spacial score (nSPS) is 23.9. The molecule has 0 saturated carbocycles. The van der Waals surface area contributed by atoms with E-state index in [4.69, 9.17) is 5.73 Å². The van der Waals surface area contributed by atoms with Gasteiger partial charge < -0.3 is 15.8 Å². The van der Waals surface area contributed by atoms with Crippen LogP contribution in [0.1, 0.15) is 33.1 Å². The Balaban J connectivity index is 2.60. The highest BCUT2D eigenvalue weighted by Crippen LogP contribution is 2.18. The van der Waals surface area contributed by atoms with Crippen LogP contribution in [0.25, 0.3) is 0 Å². The molecule has 3 N–H and O–H groups in total. The van der Waals surface area contributed by atoms with E-state index < -0.39 is 11.6 Å². The summed E-state index contributed by atoms with van der Waals surface area (Å²) in [5, 5.41) is 2.68. The topological polar surface area (TPSA) is 93.8 Å². The van der Waals surface area contributed by atoms with Crippen molar-refractivity contribution in [3.05, 3.63) is 0 Å². The van der Waals surface area contributed by atoms with Gasteiger partial charge in [-0.25, -0.2) is 4.79 Å². The molecule has 6 heteroatoms. The Morgan fingerprint density at radius 2 is 2.31 bits per heavy atom. The summed E-state index contributed by atoms with van der Waals surface area (Å²) >= 11 is 0. The fourth-order valence-corrected chi connectivity index (χ4v) is 1.41. The minimum Gasteiger partial charge on any atom is -0.447 e. The molecule has 0 aromatic heterocycles. The number of carbonyl (C=O) groups is 2. The van der Waals surface area contributed by atoms with Gasteiger partial charge in [-0.15, -0.1) is 0 Å². The van der Waals surface area contributed by atoms with E-state index in [9.17, 15) is 9.59 Å². The number of nitrogens with zero attached hydrogens (tertiary/aromatic N) is 1. The summed E-state index contributed by atoms with van der Waals surface area (Å²) < 4.78 is 4.62. The van der Waals surface area contributed by atoms with Crippen molar-refractivity contribution in [1.82, 2.24) is 5.32 Å². The third-order valence-electron chi connectivity index (χ3n) is 2.39. The van der Waals surface area contributed by atoms with Gasteiger partial charge in [0, 0.05) is 6.42 Å². The fraction of sp³-hybridized carbons (Fsp3) is 0.700. The second-order valence-electron chi connectivity index (χ2n) is 4.00. The van der Waals surface area contributed by atoms with Crippen molar-refractivity contribution >= 4 is 17.8 Å². The molecule has 0 aromatic carbocycles. The number of nitrogens with one attached hydrogen (secondary N) is 1. The van der Waals surface area contributed by atoms with Crippen molar-refractivity contribution < 1.29 is 14.3 Å². The minimum atomic E-state index is -1.03. The lowest BCUT2D eigenvalue weighted by molar-refractivity contribution is -0.124. The van der Waals surface area contributed by atoms with E-state index in [0.29, 0.717) is 5.84 Å². The number of primary amides is 1. The summed E-state index contributed by atoms with van der Waals surface area (Å²) in [6.07, 6.45) is 1.83. The monoisotopic (exact) mass is 227 g/mol. The van der Waals surface area contributed by atoms with Crippen LogP contribution in [0.2, 0.25) is 0 Å². The van der Waals surface area contributed by atoms with E-state index in [-0.39, 0.29) is 12.5 Å². The maximum atomic E-state index is 11.6. The van der Waals surface area contributed by atoms with Crippen LogP contribution in [0, 0.1) is 0 Å². The molecular weight excluding hydrogens is 210 g/mol. The lowest BCUT2D eigenvalue weighted by Gasteiger charge is -2.16. The Kier molecular flexibility index (Phi) is 3.87. The number of hydrogen-bond donors (Lipinski definition) is 2. The SMILES string of the molecule is CCCCC1=NC(C)(COC(N)=O)C(=O)N1. The number of nitrogens with two attached hydrogens (primary N) is 1. The van der Waals surface area contributed by atoms with Crippen molar-refractivity contribution in [3.63, 3.8) is 0 Å². The predicted molar refractivity (Wildman–Crippen MR) is 59.0 cm³/mol. The maximum Gasteiger partial charge on any atom is 0.404 e. The Bertz CT molecular complexity index is 327. The van der Waals surface area contributed by atoms with Gasteiger partial charge in [0.15, 0.2) is 5.54 Å². The summed E-state index contributed by atoms with van der Waals surface area (Å²) in [6.45, 7) is 3.56. The summed E-state index contributed by atoms with van der Waals surface area (Å²) in [5.41, 5.74) is 3.82. The number of unbranched alkanes of at least 4 members (excludes halogenated alkanes) is 1. The summed E-state index contributed by atoms with van der Waals surface area (Å²) in [7, 11) is 0. The van der Waals surface area contributed by atoms with Gasteiger partial charge >= 0.3 is 6.09 Å². The molecule has 0 radical (unpaired) electrons. The molecule has 2 amide bonds. The molecule has 6 nitrogen and oxygen atoms in total. The first-order chi connectivity index (χ1) is 7.48. The first-order valence-electron chi connectivity index (χ1n) is 5.30. The minimum absolute atomic E-state index is 0.121. The molecular formula is C10H17N3O3. The van der Waals surface area contributed by atoms with Gasteiger partial charge in [0.2, 0.25) is 0 Å². The highest BCUT2D eigenvalue weighted by Gasteiger charge is 2.39. The average molecular weight is 227 g/mol. The third kappa shape index (κ3) is 2.95. The van der Waals surface area contributed by atoms with Crippen LogP contribution in [0.5, 0.6) is 0 Å². The summed E-state index contributed by atoms with van der Waals surface area (Å²) in [5.74, 6) is 0.405. The van der Waals surface area contributed by atoms with Gasteiger partial charge in [0.1, 0.15) is 12.4 Å². The van der Waals surface area contributed by atoms with Gasteiger partial charge in [0.05, 0.1) is 0 Å². The van der Waals surface area contributed by atoms with Crippen LogP contribution in [0.3, 0.4) is 0 Å². The highest BCUT2D eigenvalue weighted by atomic mass is 16.5. The number of amides is 2. The fourth-order valence-electron chi connectivity index (χ4n) is 1.41. The standard InChI is InChI=1S/C10H17N3O3/c1-3-4-5-7-12-8(14)10(2,13-7)6-16-9(11)15/h3-6H2,1-2H3,(H2,11,15)(H,12,13,14). The summed E-state index contributed by atoms with van der Waals surface area (Å²) in [4.78, 5) is 26.3. The second kappa shape index (κ2) is 4.96. The summed E-state index contributed by atoms with van der Waals surface area (Å²) in [6, 6.07) is 0. The van der Waals surface area contributed by atoms with Gasteiger partial charge in [-0.2, -0.15) is 0 Å². The Morgan fingerprint density at radius 1 is 1.62 bits per heavy atom. The van der Waals surface area contributed by atoms with Crippen molar-refractivity contribution in [2.24, 2.45) is 10.7 Å². The molecule has 0 aliphatic carbocycles. The lowest BCUT2D eigenvalue weighted by atomic mass is 10.1. The van der Waals surface area contributed by atoms with Gasteiger partial charge in [-0.05, 0) is 13.3 Å². The van der Waals surface area contributed by atoms with Crippen molar-refractivity contribution in [1.29, 1.82) is 0 Å². The lowest BCUT2D eigenvalue weighted by Crippen LogP contribution is -2.41. The molecule has 0 bridgehead atoms. The number of hydrogen-bond acceptors (Lipinski definition) is 4. The average Bonchev–Trinajstić information content (AvgIpc) is 2.50. The van der Waals surface area contributed by atoms with Crippen molar-refractivity contribution in [2.45, 2.75) is 38.6 Å². The number of amidine groups is 1. The van der Waals surface area contributed by atoms with E-state index in [1.54, 1.807) is 6.92 Å². The molecule has 0 aromatic rings. The first-order valence-corrected chi connectivity index (χ1v) is 5.30. The first kappa shape index (κ1) is 12.5. The molecule has 0 fully saturated rings. The smallest absolute Gasteiger partial charge is 0.404 e. The molecule has 1 aliphatic heterocycles. The van der Waals surface area contributed by atoms with E-state index in [2.05, 4.69) is 22.0 Å². The van der Waals surface area contributed by atoms with E-state index >= 15 is 0 Å². The molecule has 90 valence electrons. The van der Waals surface area contributed by atoms with Crippen LogP contribution in [0.4, 0.5) is 4.79 Å². The Morgan fingerprint density at radius 3 is 2.88 bits per heavy atom. The third-order valence-corrected chi connectivity index (χ3v) is 2.39. The van der Waals surface area contributed by atoms with Crippen molar-refractivity contribution in [3.8, 4) is 0 Å². The number of aliphatic imine (C=N–C) groups is 1. The molecule has 0 saturated heterocycles. The Hall–Kier alpha value is -1.59. The zero-order valence-electron chi connectivity index (χ0n) is 9.58. The molecule has 1 aliphatic rings. The van der Waals surface area contributed by atoms with Gasteiger partial charge in [-0.3, -0.25) is 9.79 Å². The van der Waals surface area contributed by atoms with Crippen molar-refractivity contribution in [2.75, 3.05) is 6.61 Å². The molecule has 16 heavy (non-hydrogen) atoms. The highest BCUT2D eigenvalue weighted by molar-refractivity contribution is 6.08. The largest absolute Gasteiger partial charge is 0.447 e. The van der Waals surface area contributed by atoms with Crippen LogP contribution >= 0.6 is 0 Å². The molecule has 1 heterocycles. The van der Waals surface area contributed by atoms with E-state index in [0.717, 1.165) is 19.3 Å². The van der Waals surface area contributed by atoms with Gasteiger partial charge in [0.25, 0.3) is 5.91 Å². The quantitative estimate of drug-likeness (QED) is 0.718. The molecule has 0 spiro atoms. The number of ether oxygens (including phenoxy) is 1. The Labute approximate surface area is 94.2 Å². The van der Waals surface area contributed by atoms with Crippen LogP contribution in [-0.4, -0.2) is 30.0 Å². The van der Waals surface area contributed by atoms with Crippen LogP contribution < -0.4 is 11.1 Å². The predicted octanol–water partition coefficient (Wildman–Crippen LogP) is 0.559. The van der Waals surface area contributed by atoms with Gasteiger partial charge in [-0.1, -0.05) is 13.3 Å². The molecule has 1 unspecified atom stereocenters. The molecule has 1 atom stereocenters. The van der Waals surface area contributed by atoms with E-state index in [1.165, 1.54) is 0 Å². The second-order valence-corrected chi connectivity index (χ2v) is 4.00. The molecule has 1 rings (SSSR count). The number of carbonyl (C=O) groups excluding carboxylic acids is 2. The van der Waals surface area contributed by atoms with Crippen LogP contribution in [-0.2, 0) is 9.53 Å². The van der Waals surface area contributed by atoms with E-state index in [1.807, 2.05) is 0 Å². The maximum absolute atomic E-state index is 11.6. The van der Waals surface area contributed by atoms with Crippen LogP contribution in [0.15, 0.2) is 4.99 Å². The zero-order chi connectivity index (χ0) is 12.2.